The van der Waals surface area contributed by atoms with E-state index < -0.39 is 0 Å². The van der Waals surface area contributed by atoms with E-state index in [1.54, 1.807) is 12.5 Å². The molecule has 0 N–H and O–H groups in total. The number of hydrogen-bond donors (Lipinski definition) is 0. The van der Waals surface area contributed by atoms with Crippen LogP contribution < -0.4 is 0 Å². The summed E-state index contributed by atoms with van der Waals surface area (Å²) in [5.74, 6) is 0. The standard InChI is InChI=1S/2CH4S.2CH4.Sn/c2*1-2;;;/h2*2H,1H3;2*1H4;/q;;;;+2/p-2. The Morgan fingerprint density at radius 3 is 0.714 bits per heavy atom. The third-order valence-electron chi connectivity index (χ3n) is 0. The minimum absolute atomic E-state index is 0. The molecule has 0 rings (SSSR count). The molecule has 0 aromatic carbocycles. The van der Waals surface area contributed by atoms with Crippen molar-refractivity contribution in [2.75, 3.05) is 12.5 Å². The summed E-state index contributed by atoms with van der Waals surface area (Å²) >= 11 is 8.17. The van der Waals surface area contributed by atoms with Crippen LogP contribution in [0.4, 0.5) is 0 Å². The average Bonchev–Trinajstić information content (AvgIpc) is 1.50. The molecule has 0 unspecified atom stereocenters. The molecule has 0 aliphatic carbocycles. The second-order valence-corrected chi connectivity index (χ2v) is 0. The van der Waals surface area contributed by atoms with Gasteiger partial charge in [-0.2, -0.15) is 12.5 Å². The van der Waals surface area contributed by atoms with E-state index in [2.05, 4.69) is 25.3 Å². The zero-order valence-corrected chi connectivity index (χ0v) is 7.80. The van der Waals surface area contributed by atoms with Gasteiger partial charge in [-0.1, -0.05) is 14.9 Å². The van der Waals surface area contributed by atoms with Crippen molar-refractivity contribution >= 4 is 49.2 Å². The Balaban J connectivity index is -0.00000000267. The van der Waals surface area contributed by atoms with E-state index >= 15 is 0 Å². The van der Waals surface area contributed by atoms with Gasteiger partial charge in [0.15, 0.2) is 0 Å². The maximum absolute atomic E-state index is 4.08. The SMILES string of the molecule is C.C.C[S-].C[S-].[Sn+2]. The first-order chi connectivity index (χ1) is 2.00. The molecule has 0 bridgehead atoms. The van der Waals surface area contributed by atoms with E-state index in [1.165, 1.54) is 0 Å². The Kier molecular flexibility index (Phi) is 786. The van der Waals surface area contributed by atoms with Crippen LogP contribution in [0.2, 0.25) is 0 Å². The Labute approximate surface area is 76.2 Å². The van der Waals surface area contributed by atoms with Crippen molar-refractivity contribution in [1.82, 2.24) is 0 Å². The molecule has 0 saturated heterocycles. The molecular weight excluding hydrogens is 231 g/mol. The van der Waals surface area contributed by atoms with Gasteiger partial charge in [0.2, 0.25) is 0 Å². The molecule has 0 atom stereocenters. The molecular formula is C4H14S2Sn. The fourth-order valence-electron chi connectivity index (χ4n) is 0. The summed E-state index contributed by atoms with van der Waals surface area (Å²) in [5.41, 5.74) is 0. The molecule has 0 aliphatic rings. The van der Waals surface area contributed by atoms with Crippen LogP contribution in [0.1, 0.15) is 14.9 Å². The molecule has 2 radical (unpaired) electrons. The summed E-state index contributed by atoms with van der Waals surface area (Å²) < 4.78 is 0. The Hall–Kier alpha value is 1.50. The predicted molar refractivity (Wildman–Crippen MR) is 45.8 cm³/mol. The van der Waals surface area contributed by atoms with Gasteiger partial charge in [0.05, 0.1) is 0 Å². The summed E-state index contributed by atoms with van der Waals surface area (Å²) in [5, 5.41) is 0. The van der Waals surface area contributed by atoms with Crippen molar-refractivity contribution < 1.29 is 0 Å². The van der Waals surface area contributed by atoms with Crippen LogP contribution in [0, 0.1) is 0 Å². The van der Waals surface area contributed by atoms with Crippen LogP contribution in [-0.2, 0) is 25.3 Å². The third kappa shape index (κ3) is 101. The second kappa shape index (κ2) is 141. The van der Waals surface area contributed by atoms with Crippen molar-refractivity contribution in [3.05, 3.63) is 0 Å². The average molecular weight is 245 g/mol. The maximum atomic E-state index is 4.08. The van der Waals surface area contributed by atoms with E-state index in [-0.39, 0.29) is 38.8 Å². The minimum Gasteiger partial charge on any atom is -0.796 e. The Morgan fingerprint density at radius 2 is 0.714 bits per heavy atom. The van der Waals surface area contributed by atoms with Gasteiger partial charge in [0.1, 0.15) is 0 Å². The normalized spacial score (nSPS) is 1.71. The predicted octanol–water partition coefficient (Wildman–Crippen LogP) is 1.22. The summed E-state index contributed by atoms with van der Waals surface area (Å²) in [6.07, 6.45) is 3.17. The first-order valence-electron chi connectivity index (χ1n) is 0.816. The van der Waals surface area contributed by atoms with E-state index in [0.717, 1.165) is 0 Å². The van der Waals surface area contributed by atoms with Gasteiger partial charge in [0.25, 0.3) is 0 Å². The molecule has 0 aromatic heterocycles. The van der Waals surface area contributed by atoms with Crippen molar-refractivity contribution in [3.63, 3.8) is 0 Å². The third-order valence-corrected chi connectivity index (χ3v) is 0. The second-order valence-electron chi connectivity index (χ2n) is 0. The van der Waals surface area contributed by atoms with E-state index in [9.17, 15) is 0 Å². The molecule has 0 heterocycles. The summed E-state index contributed by atoms with van der Waals surface area (Å²) in [7, 11) is 0. The molecule has 0 spiro atoms. The quantitative estimate of drug-likeness (QED) is 0.465. The Bertz CT molecular complexity index is 9.65. The molecule has 46 valence electrons. The van der Waals surface area contributed by atoms with E-state index in [4.69, 9.17) is 0 Å². The van der Waals surface area contributed by atoms with Crippen LogP contribution in [-0.4, -0.2) is 36.4 Å². The first-order valence-corrected chi connectivity index (χ1v) is 2.45. The van der Waals surface area contributed by atoms with Gasteiger partial charge in [-0.15, -0.1) is 0 Å². The van der Waals surface area contributed by atoms with Gasteiger partial charge in [0, 0.05) is 0 Å². The summed E-state index contributed by atoms with van der Waals surface area (Å²) in [6, 6.07) is 0. The first kappa shape index (κ1) is 39.0. The molecule has 0 fully saturated rings. The zero-order valence-electron chi connectivity index (χ0n) is 3.32. The van der Waals surface area contributed by atoms with Crippen LogP contribution >= 0.6 is 0 Å². The zero-order chi connectivity index (χ0) is 4.00. The Morgan fingerprint density at radius 1 is 0.714 bits per heavy atom. The number of hydrogen-bond acceptors (Lipinski definition) is 2. The smallest absolute Gasteiger partial charge is 0.796 e. The molecule has 0 aliphatic heterocycles. The van der Waals surface area contributed by atoms with Crippen LogP contribution in [0.15, 0.2) is 0 Å². The largest absolute Gasteiger partial charge is 2.00 e. The van der Waals surface area contributed by atoms with E-state index in [1.807, 2.05) is 0 Å². The van der Waals surface area contributed by atoms with Gasteiger partial charge in [-0.3, -0.25) is 0 Å². The van der Waals surface area contributed by atoms with Gasteiger partial charge in [-0.05, 0) is 0 Å². The number of rotatable bonds is 0. The molecule has 0 nitrogen and oxygen atoms in total. The van der Waals surface area contributed by atoms with Gasteiger partial charge >= 0.3 is 23.9 Å². The summed E-state index contributed by atoms with van der Waals surface area (Å²) in [4.78, 5) is 0. The monoisotopic (exact) mass is 246 g/mol. The molecule has 7 heavy (non-hydrogen) atoms. The van der Waals surface area contributed by atoms with Gasteiger partial charge < -0.3 is 25.3 Å². The van der Waals surface area contributed by atoms with Crippen molar-refractivity contribution in [2.24, 2.45) is 0 Å². The summed E-state index contributed by atoms with van der Waals surface area (Å²) in [6.45, 7) is 0. The van der Waals surface area contributed by atoms with Crippen molar-refractivity contribution in [1.29, 1.82) is 0 Å². The molecule has 0 saturated carbocycles. The fraction of sp³-hybridized carbons (Fsp3) is 1.00. The van der Waals surface area contributed by atoms with Crippen LogP contribution in [0.5, 0.6) is 0 Å². The molecule has 0 aromatic rings. The van der Waals surface area contributed by atoms with Crippen molar-refractivity contribution in [2.45, 2.75) is 14.9 Å². The molecule has 0 amide bonds. The van der Waals surface area contributed by atoms with Crippen LogP contribution in [0.25, 0.3) is 0 Å². The maximum Gasteiger partial charge on any atom is 2.00 e. The van der Waals surface area contributed by atoms with Crippen LogP contribution in [0.3, 0.4) is 0 Å². The van der Waals surface area contributed by atoms with Crippen molar-refractivity contribution in [3.8, 4) is 0 Å². The fourth-order valence-corrected chi connectivity index (χ4v) is 0. The minimum atomic E-state index is 0. The van der Waals surface area contributed by atoms with Gasteiger partial charge in [-0.25, -0.2) is 0 Å². The molecule has 3 heteroatoms. The van der Waals surface area contributed by atoms with E-state index in [0.29, 0.717) is 0 Å². The topological polar surface area (TPSA) is 0 Å².